The lowest BCUT2D eigenvalue weighted by molar-refractivity contribution is -0.221. The van der Waals surface area contributed by atoms with E-state index in [2.05, 4.69) is 54.6 Å². The highest BCUT2D eigenvalue weighted by atomic mass is 28.4. The molecular weight excluding hydrogens is 528 g/mol. The first-order chi connectivity index (χ1) is 19.2. The summed E-state index contributed by atoms with van der Waals surface area (Å²) in [5.74, 6) is 3.34. The Balaban J connectivity index is 1.20. The van der Waals surface area contributed by atoms with Crippen molar-refractivity contribution in [2.75, 3.05) is 6.61 Å². The van der Waals surface area contributed by atoms with E-state index in [0.29, 0.717) is 47.3 Å². The van der Waals surface area contributed by atoms with Gasteiger partial charge in [-0.3, -0.25) is 4.79 Å². The number of aliphatic hydroxyl groups excluding tert-OH is 1. The van der Waals surface area contributed by atoms with E-state index >= 15 is 0 Å². The molecule has 1 heterocycles. The summed E-state index contributed by atoms with van der Waals surface area (Å²) in [6, 6.07) is 0. The number of carbonyl (C=O) groups excluding carboxylic acids is 1. The lowest BCUT2D eigenvalue weighted by Crippen LogP contribution is -2.59. The van der Waals surface area contributed by atoms with Gasteiger partial charge in [-0.2, -0.15) is 0 Å². The summed E-state index contributed by atoms with van der Waals surface area (Å²) in [5, 5.41) is 11.8. The summed E-state index contributed by atoms with van der Waals surface area (Å²) in [7, 11) is -2.07. The molecule has 0 spiro atoms. The molecule has 11 atom stereocenters. The Bertz CT molecular complexity index is 924. The summed E-state index contributed by atoms with van der Waals surface area (Å²) in [5.41, 5.74) is 0.586. The highest BCUT2D eigenvalue weighted by molar-refractivity contribution is 6.75. The highest BCUT2D eigenvalue weighted by Gasteiger charge is 2.63. The van der Waals surface area contributed by atoms with Gasteiger partial charge in [-0.05, 0) is 142 Å². The molecule has 0 bridgehead atoms. The van der Waals surface area contributed by atoms with E-state index in [1.807, 2.05) is 0 Å². The number of ether oxygens (including phenoxy) is 2. The molecule has 1 aliphatic heterocycles. The molecular formula is C35H62O5Si. The Morgan fingerprint density at radius 2 is 1.71 bits per heavy atom. The predicted octanol–water partition coefficient (Wildman–Crippen LogP) is 8.49. The zero-order chi connectivity index (χ0) is 29.8. The van der Waals surface area contributed by atoms with E-state index in [9.17, 15) is 9.90 Å². The van der Waals surface area contributed by atoms with Gasteiger partial charge in [0.1, 0.15) is 0 Å². The van der Waals surface area contributed by atoms with Crippen LogP contribution in [0.15, 0.2) is 0 Å². The van der Waals surface area contributed by atoms with Crippen molar-refractivity contribution in [3.63, 3.8) is 0 Å². The third-order valence-corrected chi connectivity index (χ3v) is 18.2. The van der Waals surface area contributed by atoms with E-state index in [4.69, 9.17) is 13.9 Å². The maximum atomic E-state index is 12.9. The van der Waals surface area contributed by atoms with Gasteiger partial charge in [0.15, 0.2) is 6.29 Å². The first-order valence-corrected chi connectivity index (χ1v) is 20.2. The molecule has 1 saturated heterocycles. The van der Waals surface area contributed by atoms with Crippen LogP contribution in [0.4, 0.5) is 0 Å². The van der Waals surface area contributed by atoms with Gasteiger partial charge in [-0.15, -0.1) is 0 Å². The smallest absolute Gasteiger partial charge is 0.292 e. The topological polar surface area (TPSA) is 65.0 Å². The van der Waals surface area contributed by atoms with Crippen LogP contribution in [0, 0.1) is 46.3 Å². The molecule has 236 valence electrons. The normalized spacial score (nSPS) is 43.9. The van der Waals surface area contributed by atoms with Gasteiger partial charge >= 0.3 is 0 Å². The second kappa shape index (κ2) is 11.8. The zero-order valence-electron chi connectivity index (χ0n) is 27.7. The molecule has 0 aromatic heterocycles. The molecule has 41 heavy (non-hydrogen) atoms. The Morgan fingerprint density at radius 1 is 1.00 bits per heavy atom. The van der Waals surface area contributed by atoms with Crippen LogP contribution in [-0.2, 0) is 18.7 Å². The van der Waals surface area contributed by atoms with Gasteiger partial charge < -0.3 is 19.0 Å². The van der Waals surface area contributed by atoms with E-state index in [-0.39, 0.29) is 34.9 Å². The zero-order valence-corrected chi connectivity index (χ0v) is 28.7. The lowest BCUT2D eigenvalue weighted by atomic mass is 9.43. The van der Waals surface area contributed by atoms with Gasteiger partial charge in [0, 0.05) is 13.0 Å². The SMILES string of the molecule is C[C@H](CCC(=O)O[Si](C)(C)C(C)(C)C)[C@H]1CC[C@H]2[C@@H]3[C@H](O)CC4C[C@@H](OC5CCCCO5)CC[C@]4(C)[C@H]3CC[C@]12C. The minimum Gasteiger partial charge on any atom is -0.519 e. The number of hydrogen-bond donors (Lipinski definition) is 1. The third kappa shape index (κ3) is 6.11. The molecule has 4 saturated carbocycles. The van der Waals surface area contributed by atoms with Crippen molar-refractivity contribution in [2.24, 2.45) is 46.3 Å². The van der Waals surface area contributed by atoms with Crippen LogP contribution in [0.1, 0.15) is 125 Å². The molecule has 5 aliphatic rings. The van der Waals surface area contributed by atoms with Crippen molar-refractivity contribution < 1.29 is 23.8 Å². The van der Waals surface area contributed by atoms with Crippen LogP contribution in [0.25, 0.3) is 0 Å². The Hall–Kier alpha value is -0.433. The largest absolute Gasteiger partial charge is 0.519 e. The first-order valence-electron chi connectivity index (χ1n) is 17.3. The van der Waals surface area contributed by atoms with E-state index < -0.39 is 8.32 Å². The average molecular weight is 591 g/mol. The van der Waals surface area contributed by atoms with E-state index in [1.165, 1.54) is 38.5 Å². The number of rotatable bonds is 7. The van der Waals surface area contributed by atoms with Gasteiger partial charge in [0.2, 0.25) is 0 Å². The number of aliphatic hydroxyl groups is 1. The molecule has 0 aromatic carbocycles. The van der Waals surface area contributed by atoms with E-state index in [0.717, 1.165) is 45.1 Å². The van der Waals surface area contributed by atoms with Crippen LogP contribution >= 0.6 is 0 Å². The Labute approximate surface area is 252 Å². The van der Waals surface area contributed by atoms with Crippen LogP contribution in [0.5, 0.6) is 0 Å². The molecule has 6 heteroatoms. The van der Waals surface area contributed by atoms with Crippen LogP contribution < -0.4 is 0 Å². The molecule has 4 aliphatic carbocycles. The second-order valence-electron chi connectivity index (χ2n) is 17.1. The van der Waals surface area contributed by atoms with Crippen LogP contribution in [-0.4, -0.2) is 44.5 Å². The number of carbonyl (C=O) groups is 1. The first kappa shape index (κ1) is 32.0. The number of fused-ring (bicyclic) bond motifs is 5. The van der Waals surface area contributed by atoms with Crippen molar-refractivity contribution in [3.8, 4) is 0 Å². The fraction of sp³-hybridized carbons (Fsp3) is 0.971. The molecule has 1 N–H and O–H groups in total. The Kier molecular flexibility index (Phi) is 9.22. The minimum absolute atomic E-state index is 0.00292. The summed E-state index contributed by atoms with van der Waals surface area (Å²) in [6.45, 7) is 19.3. The summed E-state index contributed by atoms with van der Waals surface area (Å²) in [6.07, 6.45) is 14.3. The lowest BCUT2D eigenvalue weighted by Gasteiger charge is -2.62. The van der Waals surface area contributed by atoms with Crippen molar-refractivity contribution in [1.29, 1.82) is 0 Å². The monoisotopic (exact) mass is 590 g/mol. The third-order valence-electron chi connectivity index (χ3n) is 13.9. The molecule has 0 amide bonds. The molecule has 0 aromatic rings. The van der Waals surface area contributed by atoms with Gasteiger partial charge in [0.25, 0.3) is 14.3 Å². The van der Waals surface area contributed by atoms with Crippen molar-refractivity contribution >= 4 is 14.3 Å². The molecule has 5 fully saturated rings. The van der Waals surface area contributed by atoms with Crippen molar-refractivity contribution in [1.82, 2.24) is 0 Å². The average Bonchev–Trinajstić information content (AvgIpc) is 3.25. The quantitative estimate of drug-likeness (QED) is 0.238. The number of hydrogen-bond acceptors (Lipinski definition) is 5. The second-order valence-corrected chi connectivity index (χ2v) is 21.8. The predicted molar refractivity (Wildman–Crippen MR) is 167 cm³/mol. The van der Waals surface area contributed by atoms with Gasteiger partial charge in [-0.25, -0.2) is 0 Å². The highest BCUT2D eigenvalue weighted by Crippen LogP contribution is 2.68. The Morgan fingerprint density at radius 3 is 2.39 bits per heavy atom. The fourth-order valence-electron chi connectivity index (χ4n) is 10.4. The van der Waals surface area contributed by atoms with Gasteiger partial charge in [-0.1, -0.05) is 41.5 Å². The molecule has 5 rings (SSSR count). The maximum absolute atomic E-state index is 12.9. The standard InChI is InChI=1S/C35H62O5Si/c1-23(12-15-30(37)40-41(7,8)33(2,3)4)26-13-14-27-32-28(17-19-35(26,27)6)34(5)18-16-25(21-24(34)22-29(32)36)39-31-11-9-10-20-38-31/h23-29,31-32,36H,9-22H2,1-8H3/t23-,24?,25+,26-,27+,28+,29-,31?,32+,34+,35-/m1/s1. The summed E-state index contributed by atoms with van der Waals surface area (Å²) < 4.78 is 18.5. The fourth-order valence-corrected chi connectivity index (χ4v) is 11.3. The van der Waals surface area contributed by atoms with Crippen molar-refractivity contribution in [3.05, 3.63) is 0 Å². The molecule has 5 nitrogen and oxygen atoms in total. The molecule has 2 unspecified atom stereocenters. The molecule has 0 radical (unpaired) electrons. The summed E-state index contributed by atoms with van der Waals surface area (Å²) in [4.78, 5) is 12.9. The minimum atomic E-state index is -2.07. The maximum Gasteiger partial charge on any atom is 0.292 e. The van der Waals surface area contributed by atoms with E-state index in [1.54, 1.807) is 0 Å². The summed E-state index contributed by atoms with van der Waals surface area (Å²) >= 11 is 0. The van der Waals surface area contributed by atoms with Crippen LogP contribution in [0.2, 0.25) is 18.1 Å². The van der Waals surface area contributed by atoms with Crippen LogP contribution in [0.3, 0.4) is 0 Å². The van der Waals surface area contributed by atoms with Gasteiger partial charge in [0.05, 0.1) is 12.2 Å². The van der Waals surface area contributed by atoms with Crippen molar-refractivity contribution in [2.45, 2.75) is 162 Å².